The first-order chi connectivity index (χ1) is 34.1. The van der Waals surface area contributed by atoms with Crippen molar-refractivity contribution in [3.63, 3.8) is 0 Å². The van der Waals surface area contributed by atoms with Crippen LogP contribution in [0.4, 0.5) is 14.4 Å². The van der Waals surface area contributed by atoms with E-state index in [9.17, 15) is 24.3 Å². The molecular formula is C55H68N8O9. The molecule has 0 radical (unpaired) electrons. The number of carboxylic acid groups (broad SMARTS) is 1. The number of carbonyl (C=O) groups excluding carboxylic acids is 3. The molecule has 7 rings (SSSR count). The van der Waals surface area contributed by atoms with Gasteiger partial charge in [-0.15, -0.1) is 5.10 Å². The van der Waals surface area contributed by atoms with Gasteiger partial charge in [0, 0.05) is 49.3 Å². The molecule has 1 aliphatic rings. The van der Waals surface area contributed by atoms with Crippen LogP contribution in [0.5, 0.6) is 0 Å². The third-order valence-electron chi connectivity index (χ3n) is 12.5. The predicted octanol–water partition coefficient (Wildman–Crippen LogP) is 10.8. The number of nitrogens with one attached hydrogen (secondary N) is 1. The number of hydrogen-bond donors (Lipinski definition) is 2. The summed E-state index contributed by atoms with van der Waals surface area (Å²) in [5.74, 6) is -1.18. The van der Waals surface area contributed by atoms with E-state index in [1.165, 1.54) is 10.0 Å². The van der Waals surface area contributed by atoms with Crippen LogP contribution in [0, 0.1) is 0 Å². The fraction of sp³-hybridized carbons (Fsp3) is 0.436. The zero-order chi connectivity index (χ0) is 52.1. The highest BCUT2D eigenvalue weighted by atomic mass is 16.6. The Balaban J connectivity index is 1.26. The van der Waals surface area contributed by atoms with Gasteiger partial charge in [0.25, 0.3) is 0 Å². The van der Waals surface area contributed by atoms with Crippen LogP contribution in [-0.2, 0) is 55.3 Å². The van der Waals surface area contributed by atoms with Crippen molar-refractivity contribution in [1.29, 1.82) is 0 Å². The van der Waals surface area contributed by atoms with E-state index in [2.05, 4.69) is 60.0 Å². The molecule has 1 saturated heterocycles. The van der Waals surface area contributed by atoms with Gasteiger partial charge >= 0.3 is 24.2 Å². The van der Waals surface area contributed by atoms with Gasteiger partial charge in [-0.25, -0.2) is 33.9 Å². The molecule has 382 valence electrons. The predicted molar refractivity (Wildman–Crippen MR) is 273 cm³/mol. The molecule has 1 aliphatic heterocycles. The quantitative estimate of drug-likeness (QED) is 0.0927. The normalized spacial score (nSPS) is 15.2. The van der Waals surface area contributed by atoms with Gasteiger partial charge in [-0.05, 0) is 141 Å². The highest BCUT2D eigenvalue weighted by Crippen LogP contribution is 2.42. The second kappa shape index (κ2) is 21.6. The number of aromatic nitrogens is 5. The van der Waals surface area contributed by atoms with Crippen LogP contribution in [-0.4, -0.2) is 94.8 Å². The van der Waals surface area contributed by atoms with Crippen LogP contribution >= 0.6 is 0 Å². The molecule has 4 heterocycles. The van der Waals surface area contributed by atoms with E-state index in [1.54, 1.807) is 54.8 Å². The lowest BCUT2D eigenvalue weighted by Crippen LogP contribution is -2.56. The lowest BCUT2D eigenvalue weighted by atomic mass is 9.89. The van der Waals surface area contributed by atoms with E-state index in [0.717, 1.165) is 50.1 Å². The molecule has 3 aromatic carbocycles. The largest absolute Gasteiger partial charge is 0.480 e. The number of hydrogen-bond acceptors (Lipinski definition) is 11. The number of amides is 3. The number of alkyl carbamates (subject to hydrolysis) is 1. The molecule has 0 saturated carbocycles. The van der Waals surface area contributed by atoms with Gasteiger partial charge in [-0.3, -0.25) is 4.98 Å². The van der Waals surface area contributed by atoms with Gasteiger partial charge in [0.15, 0.2) is 0 Å². The smallest absolute Gasteiger partial charge is 0.430 e. The molecule has 2 unspecified atom stereocenters. The molecule has 72 heavy (non-hydrogen) atoms. The fourth-order valence-corrected chi connectivity index (χ4v) is 9.07. The molecule has 3 atom stereocenters. The summed E-state index contributed by atoms with van der Waals surface area (Å²) in [4.78, 5) is 57.7. The van der Waals surface area contributed by atoms with Crippen LogP contribution in [0.2, 0.25) is 0 Å². The number of carbonyl (C=O) groups is 4. The first kappa shape index (κ1) is 52.6. The summed E-state index contributed by atoms with van der Waals surface area (Å²) < 4.78 is 27.0. The van der Waals surface area contributed by atoms with E-state index < -0.39 is 53.1 Å². The zero-order valence-electron chi connectivity index (χ0n) is 43.3. The number of hydrazine groups is 1. The van der Waals surface area contributed by atoms with Crippen LogP contribution < -0.4 is 5.32 Å². The molecule has 0 bridgehead atoms. The SMILES string of the molecule is CCn1c(-c2cccnc2C(C)OC)c(CC(C)(C)n2cc([C@@H]3CCCN(C(=O)OC(C)(C)C)N3C(=O)OC(C)(C)C)nn2)c2cc(-c3cccc(CC(NC(=O)OCc4ccccc4)C(=O)O)c3)ccc21. The van der Waals surface area contributed by atoms with Crippen molar-refractivity contribution in [3.8, 4) is 22.4 Å². The Kier molecular flexibility index (Phi) is 15.8. The third-order valence-corrected chi connectivity index (χ3v) is 12.5. The first-order valence-electron chi connectivity index (χ1n) is 24.4. The topological polar surface area (TPSA) is 192 Å². The molecule has 0 aliphatic carbocycles. The molecule has 3 amide bonds. The molecule has 2 N–H and O–H groups in total. The number of benzene rings is 3. The number of methoxy groups -OCH3 is 1. The Morgan fingerprint density at radius 3 is 2.22 bits per heavy atom. The van der Waals surface area contributed by atoms with E-state index in [1.807, 2.05) is 78.5 Å². The summed E-state index contributed by atoms with van der Waals surface area (Å²) >= 11 is 0. The fourth-order valence-electron chi connectivity index (χ4n) is 9.07. The van der Waals surface area contributed by atoms with Crippen molar-refractivity contribution < 1.29 is 43.2 Å². The number of fused-ring (bicyclic) bond motifs is 1. The molecular weight excluding hydrogens is 917 g/mol. The minimum absolute atomic E-state index is 0.0102. The van der Waals surface area contributed by atoms with E-state index in [-0.39, 0.29) is 25.7 Å². The van der Waals surface area contributed by atoms with Gasteiger partial charge in [-0.2, -0.15) is 0 Å². The summed E-state index contributed by atoms with van der Waals surface area (Å²) in [6.45, 7) is 19.8. The van der Waals surface area contributed by atoms with Crippen LogP contribution in [0.3, 0.4) is 0 Å². The lowest BCUT2D eigenvalue weighted by molar-refractivity contribution is -0.139. The van der Waals surface area contributed by atoms with Crippen LogP contribution in [0.1, 0.15) is 122 Å². The van der Waals surface area contributed by atoms with Gasteiger partial charge in [0.1, 0.15) is 35.6 Å². The highest BCUT2D eigenvalue weighted by Gasteiger charge is 2.43. The highest BCUT2D eigenvalue weighted by molar-refractivity contribution is 5.95. The Hall–Kier alpha value is -7.27. The van der Waals surface area contributed by atoms with Gasteiger partial charge in [0.05, 0.1) is 29.2 Å². The van der Waals surface area contributed by atoms with Crippen LogP contribution in [0.25, 0.3) is 33.3 Å². The minimum atomic E-state index is -1.23. The molecule has 17 heteroatoms. The van der Waals surface area contributed by atoms with Crippen molar-refractivity contribution in [2.45, 2.75) is 143 Å². The summed E-state index contributed by atoms with van der Waals surface area (Å²) in [5.41, 5.74) is 6.09. The number of rotatable bonds is 15. The lowest BCUT2D eigenvalue weighted by Gasteiger charge is -2.43. The van der Waals surface area contributed by atoms with Crippen molar-refractivity contribution in [2.75, 3.05) is 13.7 Å². The Morgan fingerprint density at radius 2 is 1.54 bits per heavy atom. The Labute approximate surface area is 421 Å². The van der Waals surface area contributed by atoms with Crippen molar-refractivity contribution in [1.82, 2.24) is 39.9 Å². The second-order valence-electron chi connectivity index (χ2n) is 20.8. The third kappa shape index (κ3) is 12.2. The summed E-state index contributed by atoms with van der Waals surface area (Å²) in [6.07, 6.45) is 2.70. The standard InChI is InChI=1S/C55H68N8O9/c1-12-60-45-26-25-39(38-22-16-21-37(29-38)30-43(49(64)65)57-50(66)70-34-36-19-14-13-15-20-36)31-41(45)42(48(60)40-23-17-27-56-47(40)35(2)69-11)32-55(9,10)62-33-44(58-59-62)46-24-18-28-61(51(67)71-53(3,4)5)63(46)52(68)72-54(6,7)8/h13-17,19-23,25-27,29,31,33,35,43,46H,12,18,24,28,30,32,34H2,1-11H3,(H,57,66)(H,64,65)/t35?,43?,46-/m0/s1. The van der Waals surface area contributed by atoms with E-state index in [4.69, 9.17) is 29.1 Å². The molecule has 1 fully saturated rings. The number of pyridine rings is 1. The van der Waals surface area contributed by atoms with E-state index >= 15 is 0 Å². The Morgan fingerprint density at radius 1 is 0.847 bits per heavy atom. The molecule has 3 aromatic heterocycles. The number of aliphatic carboxylic acids is 1. The monoisotopic (exact) mass is 985 g/mol. The summed E-state index contributed by atoms with van der Waals surface area (Å²) in [5, 5.41) is 25.7. The summed E-state index contributed by atoms with van der Waals surface area (Å²) in [7, 11) is 1.67. The van der Waals surface area contributed by atoms with Crippen LogP contribution in [0.15, 0.2) is 97.3 Å². The minimum Gasteiger partial charge on any atom is -0.480 e. The first-order valence-corrected chi connectivity index (χ1v) is 24.4. The number of nitrogens with zero attached hydrogens (tertiary/aromatic N) is 7. The average molecular weight is 985 g/mol. The average Bonchev–Trinajstić information content (AvgIpc) is 3.96. The Bertz CT molecular complexity index is 2900. The van der Waals surface area contributed by atoms with Gasteiger partial charge < -0.3 is 33.9 Å². The molecule has 17 nitrogen and oxygen atoms in total. The van der Waals surface area contributed by atoms with E-state index in [0.29, 0.717) is 37.1 Å². The zero-order valence-corrected chi connectivity index (χ0v) is 43.3. The molecule has 0 spiro atoms. The maximum atomic E-state index is 14.0. The van der Waals surface area contributed by atoms with Gasteiger partial charge in [-0.1, -0.05) is 65.9 Å². The number of aryl methyl sites for hydroxylation is 1. The van der Waals surface area contributed by atoms with Crippen molar-refractivity contribution in [2.24, 2.45) is 0 Å². The van der Waals surface area contributed by atoms with Gasteiger partial charge in [0.2, 0.25) is 0 Å². The number of carboxylic acids is 1. The second-order valence-corrected chi connectivity index (χ2v) is 20.8. The number of ether oxygens (including phenoxy) is 4. The maximum absolute atomic E-state index is 14.0. The summed E-state index contributed by atoms with van der Waals surface area (Å²) in [6, 6.07) is 25.3. The van der Waals surface area contributed by atoms with Crippen molar-refractivity contribution >= 4 is 35.2 Å². The van der Waals surface area contributed by atoms with Crippen molar-refractivity contribution in [3.05, 3.63) is 125 Å². The maximum Gasteiger partial charge on any atom is 0.430 e. The molecule has 6 aromatic rings.